The van der Waals surface area contributed by atoms with E-state index in [1.165, 1.54) is 32.4 Å². The molecule has 4 rings (SSSR count). The molecule has 182 valence electrons. The van der Waals surface area contributed by atoms with Crippen molar-refractivity contribution in [3.8, 4) is 22.8 Å². The number of benzene rings is 2. The van der Waals surface area contributed by atoms with Crippen molar-refractivity contribution in [2.24, 2.45) is 0 Å². The lowest BCUT2D eigenvalue weighted by molar-refractivity contribution is -0.111. The van der Waals surface area contributed by atoms with Crippen LogP contribution >= 0.6 is 0 Å². The van der Waals surface area contributed by atoms with Crippen molar-refractivity contribution in [3.63, 3.8) is 0 Å². The minimum atomic E-state index is -1.21. The number of hydrogen-bond donors (Lipinski definition) is 2. The Morgan fingerprint density at radius 2 is 1.81 bits per heavy atom. The molecule has 0 fully saturated rings. The van der Waals surface area contributed by atoms with Gasteiger partial charge in [-0.3, -0.25) is 14.5 Å². The highest BCUT2D eigenvalue weighted by molar-refractivity contribution is 6.06. The molecule has 9 nitrogen and oxygen atoms in total. The van der Waals surface area contributed by atoms with Gasteiger partial charge in [0.2, 0.25) is 5.91 Å². The zero-order valence-corrected chi connectivity index (χ0v) is 19.7. The number of carbonyl (C=O) groups is 2. The predicted octanol–water partition coefficient (Wildman–Crippen LogP) is 4.36. The molecule has 0 atom stereocenters. The van der Waals surface area contributed by atoms with Gasteiger partial charge in [0, 0.05) is 47.9 Å². The Kier molecular flexibility index (Phi) is 7.40. The Labute approximate surface area is 207 Å². The van der Waals surface area contributed by atoms with Crippen LogP contribution in [0.3, 0.4) is 0 Å². The normalized spacial score (nSPS) is 10.8. The molecular weight excluding hydrogens is 460 g/mol. The summed E-state index contributed by atoms with van der Waals surface area (Å²) in [6, 6.07) is 16.3. The number of anilines is 1. The Morgan fingerprint density at radius 1 is 1.06 bits per heavy atom. The van der Waals surface area contributed by atoms with Crippen LogP contribution in [0.1, 0.15) is 21.5 Å². The van der Waals surface area contributed by atoms with Gasteiger partial charge in [0.05, 0.1) is 32.0 Å². The highest BCUT2D eigenvalue weighted by Gasteiger charge is 2.18. The first kappa shape index (κ1) is 24.2. The van der Waals surface area contributed by atoms with Crippen LogP contribution in [0.5, 0.6) is 11.5 Å². The van der Waals surface area contributed by atoms with Crippen LogP contribution in [0.4, 0.5) is 5.69 Å². The molecule has 0 radical (unpaired) electrons. The average Bonchev–Trinajstić information content (AvgIpc) is 3.30. The van der Waals surface area contributed by atoms with Crippen LogP contribution in [0.2, 0.25) is 0 Å². The molecule has 0 spiro atoms. The summed E-state index contributed by atoms with van der Waals surface area (Å²) in [5, 5.41) is 16.9. The van der Waals surface area contributed by atoms with E-state index in [-0.39, 0.29) is 17.0 Å². The molecule has 0 aliphatic carbocycles. The van der Waals surface area contributed by atoms with E-state index in [4.69, 9.17) is 14.6 Å². The van der Waals surface area contributed by atoms with Crippen molar-refractivity contribution in [2.75, 3.05) is 19.5 Å². The first-order valence-corrected chi connectivity index (χ1v) is 11.0. The fourth-order valence-corrected chi connectivity index (χ4v) is 3.64. The molecule has 2 heterocycles. The number of amides is 1. The van der Waals surface area contributed by atoms with Crippen molar-refractivity contribution >= 4 is 23.6 Å². The van der Waals surface area contributed by atoms with E-state index in [1.54, 1.807) is 23.2 Å². The highest BCUT2D eigenvalue weighted by Crippen LogP contribution is 2.33. The highest BCUT2D eigenvalue weighted by atomic mass is 16.5. The van der Waals surface area contributed by atoms with E-state index >= 15 is 0 Å². The van der Waals surface area contributed by atoms with Gasteiger partial charge in [0.1, 0.15) is 5.69 Å². The second-order valence-electron chi connectivity index (χ2n) is 7.74. The third kappa shape index (κ3) is 5.58. The molecule has 2 aromatic carbocycles. The number of ether oxygens (including phenoxy) is 2. The molecule has 0 unspecified atom stereocenters. The lowest BCUT2D eigenvalue weighted by Gasteiger charge is -2.13. The van der Waals surface area contributed by atoms with Gasteiger partial charge < -0.3 is 19.9 Å². The Bertz CT molecular complexity index is 1400. The van der Waals surface area contributed by atoms with Gasteiger partial charge in [-0.05, 0) is 23.8 Å². The Morgan fingerprint density at radius 3 is 2.47 bits per heavy atom. The van der Waals surface area contributed by atoms with Crippen molar-refractivity contribution in [2.45, 2.75) is 6.54 Å². The largest absolute Gasteiger partial charge is 0.493 e. The molecule has 0 saturated heterocycles. The fourth-order valence-electron chi connectivity index (χ4n) is 3.64. The zero-order chi connectivity index (χ0) is 25.5. The summed E-state index contributed by atoms with van der Waals surface area (Å²) < 4.78 is 12.2. The number of rotatable bonds is 9. The number of carboxylic acids is 1. The smallest absolute Gasteiger partial charge is 0.337 e. The maximum Gasteiger partial charge on any atom is 0.337 e. The molecule has 0 aliphatic rings. The number of carboxylic acid groups (broad SMARTS) is 1. The van der Waals surface area contributed by atoms with Gasteiger partial charge in [-0.2, -0.15) is 5.10 Å². The summed E-state index contributed by atoms with van der Waals surface area (Å²) in [6.45, 7) is 0.557. The second kappa shape index (κ2) is 11.0. The summed E-state index contributed by atoms with van der Waals surface area (Å²) in [5.41, 5.74) is 3.22. The van der Waals surface area contributed by atoms with Gasteiger partial charge in [0.15, 0.2) is 11.5 Å². The van der Waals surface area contributed by atoms with Crippen molar-refractivity contribution < 1.29 is 24.2 Å². The van der Waals surface area contributed by atoms with E-state index in [9.17, 15) is 14.7 Å². The average molecular weight is 485 g/mol. The van der Waals surface area contributed by atoms with Crippen LogP contribution < -0.4 is 14.8 Å². The van der Waals surface area contributed by atoms with Crippen LogP contribution in [-0.2, 0) is 11.3 Å². The molecule has 0 saturated carbocycles. The first-order chi connectivity index (χ1) is 17.5. The molecule has 2 aromatic heterocycles. The number of methoxy groups -OCH3 is 2. The van der Waals surface area contributed by atoms with Crippen LogP contribution in [-0.4, -0.2) is 46.0 Å². The molecule has 4 aromatic rings. The third-order valence-corrected chi connectivity index (χ3v) is 5.34. The van der Waals surface area contributed by atoms with Gasteiger partial charge in [-0.1, -0.05) is 30.3 Å². The lowest BCUT2D eigenvalue weighted by Crippen LogP contribution is -2.12. The van der Waals surface area contributed by atoms with Crippen molar-refractivity contribution in [3.05, 3.63) is 96.0 Å². The lowest BCUT2D eigenvalue weighted by atomic mass is 10.1. The minimum Gasteiger partial charge on any atom is -0.493 e. The van der Waals surface area contributed by atoms with Crippen LogP contribution in [0, 0.1) is 0 Å². The third-order valence-electron chi connectivity index (χ3n) is 5.34. The summed E-state index contributed by atoms with van der Waals surface area (Å²) in [7, 11) is 2.83. The Balaban J connectivity index is 1.62. The molecule has 0 aliphatic heterocycles. The minimum absolute atomic E-state index is 0.0852. The summed E-state index contributed by atoms with van der Waals surface area (Å²) in [4.78, 5) is 28.7. The molecule has 0 bridgehead atoms. The monoisotopic (exact) mass is 484 g/mol. The summed E-state index contributed by atoms with van der Waals surface area (Å²) in [6.07, 6.45) is 8.18. The van der Waals surface area contributed by atoms with Crippen molar-refractivity contribution in [1.82, 2.24) is 14.8 Å². The molecule has 2 N–H and O–H groups in total. The van der Waals surface area contributed by atoms with Gasteiger partial charge in [0.25, 0.3) is 0 Å². The van der Waals surface area contributed by atoms with E-state index in [1.807, 2.05) is 48.7 Å². The number of pyridine rings is 1. The molecule has 1 amide bonds. The maximum atomic E-state index is 12.8. The molecular formula is C27H24N4O5. The zero-order valence-electron chi connectivity index (χ0n) is 19.7. The van der Waals surface area contributed by atoms with E-state index in [0.29, 0.717) is 23.6 Å². The van der Waals surface area contributed by atoms with Gasteiger partial charge in [-0.15, -0.1) is 0 Å². The van der Waals surface area contributed by atoms with Gasteiger partial charge >= 0.3 is 5.97 Å². The molecule has 36 heavy (non-hydrogen) atoms. The number of aromatic nitrogens is 3. The topological polar surface area (TPSA) is 116 Å². The second-order valence-corrected chi connectivity index (χ2v) is 7.74. The number of nitrogens with one attached hydrogen (secondary N) is 1. The van der Waals surface area contributed by atoms with Crippen LogP contribution in [0.15, 0.2) is 79.3 Å². The predicted molar refractivity (Wildman–Crippen MR) is 135 cm³/mol. The van der Waals surface area contributed by atoms with Crippen molar-refractivity contribution in [1.29, 1.82) is 0 Å². The SMILES string of the molecule is COc1cc(NC(=O)C=Cc2cn(Cc3ccccc3)nc2-c2cccnc2)c(C(=O)O)cc1OC. The molecule has 9 heteroatoms. The number of hydrogen-bond acceptors (Lipinski definition) is 6. The summed E-state index contributed by atoms with van der Waals surface area (Å²) in [5.74, 6) is -1.19. The first-order valence-electron chi connectivity index (χ1n) is 11.0. The standard InChI is InChI=1S/C27H24N4O5/c1-35-23-13-21(27(33)34)22(14-24(23)36-2)29-25(32)11-10-20-17-31(16-18-7-4-3-5-8-18)30-26(20)19-9-6-12-28-15-19/h3-15,17H,16H2,1-2H3,(H,29,32)(H,33,34). The number of carbonyl (C=O) groups excluding carboxylic acids is 1. The Hall–Kier alpha value is -4.92. The fraction of sp³-hybridized carbons (Fsp3) is 0.111. The number of nitrogens with zero attached hydrogens (tertiary/aromatic N) is 3. The van der Waals surface area contributed by atoms with E-state index in [0.717, 1.165) is 11.1 Å². The van der Waals surface area contributed by atoms with E-state index < -0.39 is 11.9 Å². The number of aromatic carboxylic acids is 1. The maximum absolute atomic E-state index is 12.8. The van der Waals surface area contributed by atoms with E-state index in [2.05, 4.69) is 10.3 Å². The quantitative estimate of drug-likeness (QED) is 0.339. The summed E-state index contributed by atoms with van der Waals surface area (Å²) >= 11 is 0. The van der Waals surface area contributed by atoms with Gasteiger partial charge in [-0.25, -0.2) is 4.79 Å². The van der Waals surface area contributed by atoms with Crippen LogP contribution in [0.25, 0.3) is 17.3 Å².